The van der Waals surface area contributed by atoms with Gasteiger partial charge in [0, 0.05) is 21.7 Å². The van der Waals surface area contributed by atoms with Crippen LogP contribution in [0.5, 0.6) is 0 Å². The van der Waals surface area contributed by atoms with Crippen molar-refractivity contribution in [3.05, 3.63) is 21.9 Å². The number of rotatable bonds is 1. The SMILES string of the molecule is Cc1ccc(C2(C)CCCNC2)s1. The Bertz CT molecular complexity index is 284. The smallest absolute Gasteiger partial charge is 0.0144 e. The zero-order valence-corrected chi connectivity index (χ0v) is 9.21. The van der Waals surface area contributed by atoms with Crippen LogP contribution in [0.3, 0.4) is 0 Å². The van der Waals surface area contributed by atoms with E-state index in [1.165, 1.54) is 24.3 Å². The molecule has 0 spiro atoms. The molecule has 13 heavy (non-hydrogen) atoms. The van der Waals surface area contributed by atoms with Crippen LogP contribution in [0.2, 0.25) is 0 Å². The van der Waals surface area contributed by atoms with Crippen molar-refractivity contribution >= 4 is 11.3 Å². The van der Waals surface area contributed by atoms with Gasteiger partial charge in [-0.15, -0.1) is 11.3 Å². The summed E-state index contributed by atoms with van der Waals surface area (Å²) in [6.45, 7) is 6.91. The minimum atomic E-state index is 0.400. The molecule has 0 aromatic carbocycles. The Morgan fingerprint density at radius 1 is 1.46 bits per heavy atom. The first-order valence-corrected chi connectivity index (χ1v) is 5.80. The molecule has 1 aromatic heterocycles. The van der Waals surface area contributed by atoms with E-state index < -0.39 is 0 Å². The van der Waals surface area contributed by atoms with Gasteiger partial charge in [-0.05, 0) is 38.4 Å². The predicted molar refractivity (Wildman–Crippen MR) is 58.5 cm³/mol. The van der Waals surface area contributed by atoms with Crippen LogP contribution in [0.4, 0.5) is 0 Å². The van der Waals surface area contributed by atoms with Gasteiger partial charge >= 0.3 is 0 Å². The summed E-state index contributed by atoms with van der Waals surface area (Å²) < 4.78 is 0. The van der Waals surface area contributed by atoms with E-state index in [0.717, 1.165) is 6.54 Å². The van der Waals surface area contributed by atoms with Gasteiger partial charge in [-0.1, -0.05) is 6.92 Å². The molecule has 1 atom stereocenters. The van der Waals surface area contributed by atoms with Gasteiger partial charge < -0.3 is 5.32 Å². The van der Waals surface area contributed by atoms with E-state index in [1.54, 1.807) is 4.88 Å². The van der Waals surface area contributed by atoms with Crippen LogP contribution < -0.4 is 5.32 Å². The van der Waals surface area contributed by atoms with Crippen molar-refractivity contribution in [2.45, 2.75) is 32.1 Å². The number of nitrogens with one attached hydrogen (secondary N) is 1. The first-order chi connectivity index (χ1) is 6.21. The first-order valence-electron chi connectivity index (χ1n) is 4.98. The van der Waals surface area contributed by atoms with E-state index in [2.05, 4.69) is 31.3 Å². The van der Waals surface area contributed by atoms with Crippen molar-refractivity contribution in [2.24, 2.45) is 0 Å². The van der Waals surface area contributed by atoms with Crippen LogP contribution in [-0.2, 0) is 5.41 Å². The minimum Gasteiger partial charge on any atom is -0.316 e. The van der Waals surface area contributed by atoms with E-state index >= 15 is 0 Å². The molecule has 0 aliphatic carbocycles. The maximum absolute atomic E-state index is 3.49. The Kier molecular flexibility index (Phi) is 2.43. The summed E-state index contributed by atoms with van der Waals surface area (Å²) in [6.07, 6.45) is 2.65. The number of hydrogen-bond acceptors (Lipinski definition) is 2. The monoisotopic (exact) mass is 195 g/mol. The third-order valence-electron chi connectivity index (χ3n) is 2.93. The second kappa shape index (κ2) is 3.43. The second-order valence-electron chi connectivity index (χ2n) is 4.25. The van der Waals surface area contributed by atoms with Crippen molar-refractivity contribution < 1.29 is 0 Å². The van der Waals surface area contributed by atoms with Crippen molar-refractivity contribution in [1.29, 1.82) is 0 Å². The number of piperidine rings is 1. The Hall–Kier alpha value is -0.340. The summed E-state index contributed by atoms with van der Waals surface area (Å²) in [5.74, 6) is 0. The van der Waals surface area contributed by atoms with Gasteiger partial charge in [-0.2, -0.15) is 0 Å². The average molecular weight is 195 g/mol. The zero-order chi connectivity index (χ0) is 9.31. The number of hydrogen-bond donors (Lipinski definition) is 1. The van der Waals surface area contributed by atoms with E-state index in [9.17, 15) is 0 Å². The van der Waals surface area contributed by atoms with Gasteiger partial charge in [0.1, 0.15) is 0 Å². The van der Waals surface area contributed by atoms with Crippen molar-refractivity contribution in [2.75, 3.05) is 13.1 Å². The number of thiophene rings is 1. The normalized spacial score (nSPS) is 29.1. The fraction of sp³-hybridized carbons (Fsp3) is 0.636. The van der Waals surface area contributed by atoms with Gasteiger partial charge in [-0.25, -0.2) is 0 Å². The first kappa shape index (κ1) is 9.22. The summed E-state index contributed by atoms with van der Waals surface area (Å²) in [5, 5.41) is 3.49. The molecular formula is C11H17NS. The molecule has 1 N–H and O–H groups in total. The standard InChI is InChI=1S/C11H17NS/c1-9-4-5-10(13-9)11(2)6-3-7-12-8-11/h4-5,12H,3,6-8H2,1-2H3. The zero-order valence-electron chi connectivity index (χ0n) is 8.39. The fourth-order valence-electron chi connectivity index (χ4n) is 2.03. The van der Waals surface area contributed by atoms with Crippen LogP contribution in [0.1, 0.15) is 29.5 Å². The van der Waals surface area contributed by atoms with E-state index in [1.807, 2.05) is 11.3 Å². The van der Waals surface area contributed by atoms with Crippen molar-refractivity contribution in [3.8, 4) is 0 Å². The largest absolute Gasteiger partial charge is 0.316 e. The van der Waals surface area contributed by atoms with E-state index in [0.29, 0.717) is 5.41 Å². The molecular weight excluding hydrogens is 178 g/mol. The molecule has 1 aliphatic rings. The van der Waals surface area contributed by atoms with Crippen LogP contribution in [0.25, 0.3) is 0 Å². The molecule has 72 valence electrons. The Morgan fingerprint density at radius 2 is 2.31 bits per heavy atom. The van der Waals surface area contributed by atoms with Gasteiger partial charge in [0.25, 0.3) is 0 Å². The second-order valence-corrected chi connectivity index (χ2v) is 5.54. The van der Waals surface area contributed by atoms with Crippen molar-refractivity contribution in [3.63, 3.8) is 0 Å². The van der Waals surface area contributed by atoms with Crippen LogP contribution in [0.15, 0.2) is 12.1 Å². The van der Waals surface area contributed by atoms with Crippen molar-refractivity contribution in [1.82, 2.24) is 5.32 Å². The quantitative estimate of drug-likeness (QED) is 0.726. The maximum atomic E-state index is 3.49. The molecule has 1 nitrogen and oxygen atoms in total. The molecule has 2 heteroatoms. The molecule has 1 aromatic rings. The van der Waals surface area contributed by atoms with Gasteiger partial charge in [0.15, 0.2) is 0 Å². The number of aryl methyl sites for hydroxylation is 1. The molecule has 2 rings (SSSR count). The van der Waals surface area contributed by atoms with E-state index in [-0.39, 0.29) is 0 Å². The molecule has 0 saturated carbocycles. The lowest BCUT2D eigenvalue weighted by Gasteiger charge is -2.33. The summed E-state index contributed by atoms with van der Waals surface area (Å²) >= 11 is 1.95. The fourth-order valence-corrected chi connectivity index (χ4v) is 3.07. The van der Waals surface area contributed by atoms with Gasteiger partial charge in [-0.3, -0.25) is 0 Å². The molecule has 0 bridgehead atoms. The molecule has 0 radical (unpaired) electrons. The van der Waals surface area contributed by atoms with Crippen LogP contribution in [-0.4, -0.2) is 13.1 Å². The summed E-state index contributed by atoms with van der Waals surface area (Å²) in [6, 6.07) is 4.53. The lowest BCUT2D eigenvalue weighted by molar-refractivity contribution is 0.345. The highest BCUT2D eigenvalue weighted by Crippen LogP contribution is 2.34. The average Bonchev–Trinajstić information content (AvgIpc) is 2.54. The highest BCUT2D eigenvalue weighted by atomic mass is 32.1. The van der Waals surface area contributed by atoms with Gasteiger partial charge in [0.2, 0.25) is 0 Å². The third kappa shape index (κ3) is 1.79. The Labute approximate surface area is 84.2 Å². The highest BCUT2D eigenvalue weighted by molar-refractivity contribution is 7.12. The van der Waals surface area contributed by atoms with Gasteiger partial charge in [0.05, 0.1) is 0 Å². The van der Waals surface area contributed by atoms with E-state index in [4.69, 9.17) is 0 Å². The van der Waals surface area contributed by atoms with Crippen LogP contribution in [0, 0.1) is 6.92 Å². The Morgan fingerprint density at radius 3 is 2.85 bits per heavy atom. The molecule has 1 unspecified atom stereocenters. The molecule has 2 heterocycles. The third-order valence-corrected chi connectivity index (χ3v) is 4.24. The molecule has 1 saturated heterocycles. The lowest BCUT2D eigenvalue weighted by Crippen LogP contribution is -2.40. The molecule has 0 amide bonds. The Balaban J connectivity index is 2.22. The summed E-state index contributed by atoms with van der Waals surface area (Å²) in [5.41, 5.74) is 0.400. The molecule has 1 aliphatic heterocycles. The highest BCUT2D eigenvalue weighted by Gasteiger charge is 2.29. The molecule has 1 fully saturated rings. The minimum absolute atomic E-state index is 0.400. The summed E-state index contributed by atoms with van der Waals surface area (Å²) in [4.78, 5) is 2.99. The lowest BCUT2D eigenvalue weighted by atomic mass is 9.81. The summed E-state index contributed by atoms with van der Waals surface area (Å²) in [7, 11) is 0. The predicted octanol–water partition coefficient (Wildman–Crippen LogP) is 2.70. The topological polar surface area (TPSA) is 12.0 Å². The maximum Gasteiger partial charge on any atom is 0.0144 e. The van der Waals surface area contributed by atoms with Crippen LogP contribution >= 0.6 is 11.3 Å².